The Hall–Kier alpha value is -1.36. The van der Waals surface area contributed by atoms with Gasteiger partial charge >= 0.3 is 0 Å². The van der Waals surface area contributed by atoms with Crippen LogP contribution >= 0.6 is 0 Å². The summed E-state index contributed by atoms with van der Waals surface area (Å²) in [5, 5.41) is 3.44. The fourth-order valence-electron chi connectivity index (χ4n) is 2.72. The smallest absolute Gasteiger partial charge is 0.158 e. The standard InChI is InChI=1S/C14H22N4O/c1-2-19-8-13-17-11(15)7-12(18-13)16-9-14(5-6-14)10-3-4-10/h7,10H,2-6,8-9H2,1H3,(H3,15,16,17,18). The van der Waals surface area contributed by atoms with Crippen molar-refractivity contribution in [2.24, 2.45) is 11.3 Å². The van der Waals surface area contributed by atoms with Crippen molar-refractivity contribution in [3.05, 3.63) is 11.9 Å². The summed E-state index contributed by atoms with van der Waals surface area (Å²) in [7, 11) is 0. The Bertz CT molecular complexity index is 455. The molecule has 0 radical (unpaired) electrons. The van der Waals surface area contributed by atoms with Crippen molar-refractivity contribution in [3.63, 3.8) is 0 Å². The maximum absolute atomic E-state index is 5.81. The highest BCUT2D eigenvalue weighted by molar-refractivity contribution is 5.45. The molecule has 3 N–H and O–H groups in total. The molecular weight excluding hydrogens is 240 g/mol. The first-order valence-corrected chi connectivity index (χ1v) is 7.17. The van der Waals surface area contributed by atoms with Gasteiger partial charge in [-0.05, 0) is 43.9 Å². The summed E-state index contributed by atoms with van der Waals surface area (Å²) in [6.45, 7) is 4.05. The molecule has 2 fully saturated rings. The molecule has 0 aromatic carbocycles. The fourth-order valence-corrected chi connectivity index (χ4v) is 2.72. The number of rotatable bonds is 7. The topological polar surface area (TPSA) is 73.1 Å². The van der Waals surface area contributed by atoms with Crippen molar-refractivity contribution in [1.82, 2.24) is 9.97 Å². The van der Waals surface area contributed by atoms with Crippen molar-refractivity contribution in [1.29, 1.82) is 0 Å². The Balaban J connectivity index is 1.61. The van der Waals surface area contributed by atoms with E-state index in [0.717, 1.165) is 18.3 Å². The van der Waals surface area contributed by atoms with Crippen LogP contribution in [0.25, 0.3) is 0 Å². The van der Waals surface area contributed by atoms with E-state index in [1.54, 1.807) is 6.07 Å². The number of ether oxygens (including phenoxy) is 1. The third-order valence-corrected chi connectivity index (χ3v) is 4.18. The molecule has 0 bridgehead atoms. The van der Waals surface area contributed by atoms with Crippen LogP contribution in [-0.4, -0.2) is 23.1 Å². The summed E-state index contributed by atoms with van der Waals surface area (Å²) in [6, 6.07) is 1.80. The lowest BCUT2D eigenvalue weighted by molar-refractivity contribution is 0.128. The molecule has 19 heavy (non-hydrogen) atoms. The zero-order valence-electron chi connectivity index (χ0n) is 11.5. The lowest BCUT2D eigenvalue weighted by atomic mass is 10.0. The number of nitrogens with one attached hydrogen (secondary N) is 1. The van der Waals surface area contributed by atoms with Gasteiger partial charge in [-0.25, -0.2) is 9.97 Å². The summed E-state index contributed by atoms with van der Waals surface area (Å²) < 4.78 is 5.33. The molecule has 5 heteroatoms. The normalized spacial score (nSPS) is 20.3. The average molecular weight is 262 g/mol. The van der Waals surface area contributed by atoms with Crippen molar-refractivity contribution in [2.75, 3.05) is 24.2 Å². The maximum Gasteiger partial charge on any atom is 0.158 e. The van der Waals surface area contributed by atoms with Crippen LogP contribution < -0.4 is 11.1 Å². The molecule has 5 nitrogen and oxygen atoms in total. The van der Waals surface area contributed by atoms with Gasteiger partial charge in [0.05, 0.1) is 0 Å². The molecule has 0 spiro atoms. The minimum absolute atomic E-state index is 0.421. The van der Waals surface area contributed by atoms with E-state index in [1.165, 1.54) is 25.7 Å². The predicted octanol–water partition coefficient (Wildman–Crippen LogP) is 2.20. The first kappa shape index (κ1) is 12.7. The molecule has 1 aromatic heterocycles. The van der Waals surface area contributed by atoms with E-state index in [4.69, 9.17) is 10.5 Å². The summed E-state index contributed by atoms with van der Waals surface area (Å²) in [5.74, 6) is 2.93. The van der Waals surface area contributed by atoms with Crippen molar-refractivity contribution < 1.29 is 4.74 Å². The Kier molecular flexibility index (Phi) is 3.31. The highest BCUT2D eigenvalue weighted by atomic mass is 16.5. The van der Waals surface area contributed by atoms with Gasteiger partial charge in [0, 0.05) is 19.2 Å². The lowest BCUT2D eigenvalue weighted by Gasteiger charge is -2.16. The Morgan fingerprint density at radius 2 is 2.21 bits per heavy atom. The van der Waals surface area contributed by atoms with Crippen LogP contribution in [0.2, 0.25) is 0 Å². The molecule has 1 heterocycles. The molecule has 0 saturated heterocycles. The van der Waals surface area contributed by atoms with Gasteiger partial charge in [-0.3, -0.25) is 0 Å². The van der Waals surface area contributed by atoms with Gasteiger partial charge in [-0.1, -0.05) is 0 Å². The second kappa shape index (κ2) is 4.96. The van der Waals surface area contributed by atoms with Crippen LogP contribution in [0.15, 0.2) is 6.07 Å². The average Bonchev–Trinajstić information content (AvgIpc) is 3.26. The minimum atomic E-state index is 0.421. The van der Waals surface area contributed by atoms with Gasteiger partial charge < -0.3 is 15.8 Å². The maximum atomic E-state index is 5.81. The molecule has 104 valence electrons. The first-order chi connectivity index (χ1) is 9.22. The summed E-state index contributed by atoms with van der Waals surface area (Å²) in [5.41, 5.74) is 6.37. The van der Waals surface area contributed by atoms with E-state index >= 15 is 0 Å². The number of nitrogens with two attached hydrogens (primary N) is 1. The van der Waals surface area contributed by atoms with Crippen molar-refractivity contribution >= 4 is 11.6 Å². The van der Waals surface area contributed by atoms with Gasteiger partial charge in [0.25, 0.3) is 0 Å². The van der Waals surface area contributed by atoms with Crippen LogP contribution in [0.1, 0.15) is 38.4 Å². The van der Waals surface area contributed by atoms with Gasteiger partial charge in [0.15, 0.2) is 5.82 Å². The molecule has 3 rings (SSSR count). The Morgan fingerprint density at radius 1 is 1.42 bits per heavy atom. The number of nitrogen functional groups attached to an aromatic ring is 1. The third kappa shape index (κ3) is 2.97. The Morgan fingerprint density at radius 3 is 2.84 bits per heavy atom. The molecule has 0 amide bonds. The van der Waals surface area contributed by atoms with E-state index in [1.807, 2.05) is 6.92 Å². The van der Waals surface area contributed by atoms with E-state index in [-0.39, 0.29) is 0 Å². The monoisotopic (exact) mass is 262 g/mol. The molecule has 2 aliphatic carbocycles. The molecule has 0 unspecified atom stereocenters. The van der Waals surface area contributed by atoms with Crippen LogP contribution in [0.4, 0.5) is 11.6 Å². The summed E-state index contributed by atoms with van der Waals surface area (Å²) in [4.78, 5) is 8.63. The number of anilines is 2. The Labute approximate surface area is 114 Å². The van der Waals surface area contributed by atoms with E-state index in [9.17, 15) is 0 Å². The second-order valence-electron chi connectivity index (χ2n) is 5.72. The second-order valence-corrected chi connectivity index (χ2v) is 5.72. The highest BCUT2D eigenvalue weighted by Gasteiger charge is 2.53. The molecule has 0 atom stereocenters. The first-order valence-electron chi connectivity index (χ1n) is 7.17. The number of aromatic nitrogens is 2. The van der Waals surface area contributed by atoms with Gasteiger partial charge in [0.1, 0.15) is 18.2 Å². The van der Waals surface area contributed by atoms with Crippen LogP contribution in [0, 0.1) is 11.3 Å². The quantitative estimate of drug-likeness (QED) is 0.788. The van der Waals surface area contributed by atoms with Gasteiger partial charge in [-0.15, -0.1) is 0 Å². The molecule has 2 saturated carbocycles. The third-order valence-electron chi connectivity index (χ3n) is 4.18. The highest BCUT2D eigenvalue weighted by Crippen LogP contribution is 2.61. The number of nitrogens with zero attached hydrogens (tertiary/aromatic N) is 2. The van der Waals surface area contributed by atoms with Crippen LogP contribution in [0.5, 0.6) is 0 Å². The predicted molar refractivity (Wildman–Crippen MR) is 74.7 cm³/mol. The lowest BCUT2D eigenvalue weighted by Crippen LogP contribution is -2.18. The van der Waals surface area contributed by atoms with Crippen LogP contribution in [-0.2, 0) is 11.3 Å². The van der Waals surface area contributed by atoms with E-state index < -0.39 is 0 Å². The van der Waals surface area contributed by atoms with Gasteiger partial charge in [0.2, 0.25) is 0 Å². The number of hydrogen-bond acceptors (Lipinski definition) is 5. The molecule has 0 aliphatic heterocycles. The van der Waals surface area contributed by atoms with Gasteiger partial charge in [-0.2, -0.15) is 0 Å². The van der Waals surface area contributed by atoms with Crippen molar-refractivity contribution in [3.8, 4) is 0 Å². The fraction of sp³-hybridized carbons (Fsp3) is 0.714. The SMILES string of the molecule is CCOCc1nc(N)cc(NCC2(C3CC3)CC2)n1. The van der Waals surface area contributed by atoms with E-state index in [2.05, 4.69) is 15.3 Å². The zero-order chi connectivity index (χ0) is 13.3. The molecule has 2 aliphatic rings. The number of hydrogen-bond donors (Lipinski definition) is 2. The molecule has 1 aromatic rings. The van der Waals surface area contributed by atoms with E-state index in [0.29, 0.717) is 30.3 Å². The molecular formula is C14H22N4O. The van der Waals surface area contributed by atoms with Crippen LogP contribution in [0.3, 0.4) is 0 Å². The largest absolute Gasteiger partial charge is 0.384 e. The summed E-state index contributed by atoms with van der Waals surface area (Å²) >= 11 is 0. The summed E-state index contributed by atoms with van der Waals surface area (Å²) in [6.07, 6.45) is 5.53. The van der Waals surface area contributed by atoms with Crippen molar-refractivity contribution in [2.45, 2.75) is 39.2 Å². The minimum Gasteiger partial charge on any atom is -0.384 e. The zero-order valence-corrected chi connectivity index (χ0v) is 11.5.